The van der Waals surface area contributed by atoms with Gasteiger partial charge < -0.3 is 0 Å². The molecular weight excluding hydrogens is 256 g/mol. The minimum atomic E-state index is -3.41. The highest BCUT2D eigenvalue weighted by Crippen LogP contribution is 2.23. The Morgan fingerprint density at radius 1 is 1.41 bits per heavy atom. The van der Waals surface area contributed by atoms with Crippen molar-refractivity contribution >= 4 is 21.4 Å². The Labute approximate surface area is 107 Å². The van der Waals surface area contributed by atoms with Crippen molar-refractivity contribution in [3.05, 3.63) is 17.0 Å². The highest BCUT2D eigenvalue weighted by atomic mass is 32.2. The number of unbranched alkanes of at least 4 members (excludes halogenated alkanes) is 2. The molecule has 1 aromatic rings. The second-order valence-electron chi connectivity index (χ2n) is 3.76. The Bertz CT molecular complexity index is 500. The van der Waals surface area contributed by atoms with Gasteiger partial charge in [-0.1, -0.05) is 19.8 Å². The fourth-order valence-corrected chi connectivity index (χ4v) is 3.90. The summed E-state index contributed by atoms with van der Waals surface area (Å²) < 4.78 is 25.8. The lowest BCUT2D eigenvalue weighted by atomic mass is 10.2. The number of hydrogen-bond acceptors (Lipinski definition) is 4. The standard InChI is InChI=1S/C11H16N2O2S2/c1-3-4-5-8-13(2)17(14,15)11-7-6-10(9-12)16-11/h6-7H,3-5,8H2,1-2H3. The summed E-state index contributed by atoms with van der Waals surface area (Å²) >= 11 is 1.02. The van der Waals surface area contributed by atoms with Crippen molar-refractivity contribution in [2.45, 2.75) is 30.4 Å². The molecule has 0 aliphatic carbocycles. The number of sulfonamides is 1. The van der Waals surface area contributed by atoms with Gasteiger partial charge in [0.25, 0.3) is 10.0 Å². The molecule has 0 unspecified atom stereocenters. The van der Waals surface area contributed by atoms with E-state index in [-0.39, 0.29) is 4.21 Å². The van der Waals surface area contributed by atoms with Crippen LogP contribution in [0, 0.1) is 11.3 Å². The third-order valence-electron chi connectivity index (χ3n) is 2.43. The van der Waals surface area contributed by atoms with Gasteiger partial charge in [-0.05, 0) is 18.6 Å². The highest BCUT2D eigenvalue weighted by Gasteiger charge is 2.22. The van der Waals surface area contributed by atoms with Crippen LogP contribution in [0.1, 0.15) is 31.1 Å². The smallest absolute Gasteiger partial charge is 0.206 e. The minimum absolute atomic E-state index is 0.244. The number of thiophene rings is 1. The molecular formula is C11H16N2O2S2. The molecule has 6 heteroatoms. The van der Waals surface area contributed by atoms with Gasteiger partial charge in [0.15, 0.2) is 0 Å². The monoisotopic (exact) mass is 272 g/mol. The lowest BCUT2D eigenvalue weighted by Crippen LogP contribution is -2.27. The van der Waals surface area contributed by atoms with Crippen molar-refractivity contribution in [3.63, 3.8) is 0 Å². The SMILES string of the molecule is CCCCCN(C)S(=O)(=O)c1ccc(C#N)s1. The summed E-state index contributed by atoms with van der Waals surface area (Å²) in [5, 5.41) is 8.68. The van der Waals surface area contributed by atoms with Crippen molar-refractivity contribution in [1.29, 1.82) is 5.26 Å². The van der Waals surface area contributed by atoms with E-state index in [1.807, 2.05) is 6.07 Å². The van der Waals surface area contributed by atoms with Crippen LogP contribution in [0.15, 0.2) is 16.3 Å². The maximum Gasteiger partial charge on any atom is 0.252 e. The predicted molar refractivity (Wildman–Crippen MR) is 68.4 cm³/mol. The van der Waals surface area contributed by atoms with Crippen LogP contribution >= 0.6 is 11.3 Å². The van der Waals surface area contributed by atoms with Crippen LogP contribution in [0.3, 0.4) is 0 Å². The summed E-state index contributed by atoms with van der Waals surface area (Å²) in [6.07, 6.45) is 2.95. The fourth-order valence-electron chi connectivity index (χ4n) is 1.38. The first-order valence-corrected chi connectivity index (χ1v) is 7.74. The minimum Gasteiger partial charge on any atom is -0.206 e. The van der Waals surface area contributed by atoms with Gasteiger partial charge in [0.2, 0.25) is 0 Å². The third kappa shape index (κ3) is 3.53. The Morgan fingerprint density at radius 3 is 2.65 bits per heavy atom. The molecule has 0 aliphatic rings. The predicted octanol–water partition coefficient (Wildman–Crippen LogP) is 2.43. The molecule has 0 aliphatic heterocycles. The molecule has 0 saturated heterocycles. The van der Waals surface area contributed by atoms with E-state index >= 15 is 0 Å². The first kappa shape index (κ1) is 14.2. The maximum atomic E-state index is 12.1. The lowest BCUT2D eigenvalue weighted by molar-refractivity contribution is 0.456. The molecule has 1 heterocycles. The zero-order valence-corrected chi connectivity index (χ0v) is 11.6. The maximum absolute atomic E-state index is 12.1. The van der Waals surface area contributed by atoms with Crippen LogP contribution in [-0.2, 0) is 10.0 Å². The van der Waals surface area contributed by atoms with Crippen molar-refractivity contribution in [3.8, 4) is 6.07 Å². The molecule has 4 nitrogen and oxygen atoms in total. The van der Waals surface area contributed by atoms with Gasteiger partial charge in [-0.2, -0.15) is 5.26 Å². The summed E-state index contributed by atoms with van der Waals surface area (Å²) in [7, 11) is -1.83. The van der Waals surface area contributed by atoms with Crippen LogP contribution in [0.4, 0.5) is 0 Å². The van der Waals surface area contributed by atoms with Crippen LogP contribution in [0.5, 0.6) is 0 Å². The normalized spacial score (nSPS) is 11.6. The third-order valence-corrected chi connectivity index (χ3v) is 5.75. The molecule has 0 amide bonds. The molecule has 0 bridgehead atoms. The van der Waals surface area contributed by atoms with Crippen LogP contribution in [0.2, 0.25) is 0 Å². The number of nitriles is 1. The summed E-state index contributed by atoms with van der Waals surface area (Å²) in [6, 6.07) is 4.98. The molecule has 0 aromatic carbocycles. The number of nitrogens with zero attached hydrogens (tertiary/aromatic N) is 2. The van der Waals surface area contributed by atoms with Crippen LogP contribution in [0.25, 0.3) is 0 Å². The van der Waals surface area contributed by atoms with Crippen molar-refractivity contribution < 1.29 is 8.42 Å². The van der Waals surface area contributed by atoms with Gasteiger partial charge in [0.05, 0.1) is 0 Å². The topological polar surface area (TPSA) is 61.2 Å². The number of rotatable bonds is 6. The summed E-state index contributed by atoms with van der Waals surface area (Å²) in [6.45, 7) is 2.60. The first-order valence-electron chi connectivity index (χ1n) is 5.48. The van der Waals surface area contributed by atoms with Crippen molar-refractivity contribution in [1.82, 2.24) is 4.31 Å². The van der Waals surface area contributed by atoms with E-state index in [2.05, 4.69) is 6.92 Å². The lowest BCUT2D eigenvalue weighted by Gasteiger charge is -2.15. The van der Waals surface area contributed by atoms with E-state index in [1.165, 1.54) is 16.4 Å². The van der Waals surface area contributed by atoms with Gasteiger partial charge in [-0.25, -0.2) is 12.7 Å². The zero-order valence-electron chi connectivity index (χ0n) is 10.0. The Morgan fingerprint density at radius 2 is 2.12 bits per heavy atom. The average Bonchev–Trinajstić information content (AvgIpc) is 2.78. The summed E-state index contributed by atoms with van der Waals surface area (Å²) in [5.41, 5.74) is 0. The van der Waals surface area contributed by atoms with Crippen LogP contribution < -0.4 is 0 Å². The second kappa shape index (κ2) is 6.15. The summed E-state index contributed by atoms with van der Waals surface area (Å²) in [5.74, 6) is 0. The largest absolute Gasteiger partial charge is 0.252 e. The second-order valence-corrected chi connectivity index (χ2v) is 7.12. The molecule has 0 spiro atoms. The fraction of sp³-hybridized carbons (Fsp3) is 0.545. The van der Waals surface area contributed by atoms with Gasteiger partial charge in [-0.15, -0.1) is 11.3 Å². The van der Waals surface area contributed by atoms with E-state index in [9.17, 15) is 8.42 Å². The molecule has 94 valence electrons. The van der Waals surface area contributed by atoms with Gasteiger partial charge in [0, 0.05) is 13.6 Å². The number of hydrogen-bond donors (Lipinski definition) is 0. The Kier molecular flexibility index (Phi) is 5.12. The zero-order chi connectivity index (χ0) is 12.9. The quantitative estimate of drug-likeness (QED) is 0.747. The highest BCUT2D eigenvalue weighted by molar-refractivity contribution is 7.91. The van der Waals surface area contributed by atoms with E-state index < -0.39 is 10.0 Å². The van der Waals surface area contributed by atoms with E-state index in [4.69, 9.17) is 5.26 Å². The summed E-state index contributed by atoms with van der Waals surface area (Å²) in [4.78, 5) is 0.422. The van der Waals surface area contributed by atoms with Crippen LogP contribution in [-0.4, -0.2) is 26.3 Å². The molecule has 0 fully saturated rings. The molecule has 17 heavy (non-hydrogen) atoms. The molecule has 1 rings (SSSR count). The van der Waals surface area contributed by atoms with E-state index in [0.717, 1.165) is 30.6 Å². The molecule has 0 atom stereocenters. The average molecular weight is 272 g/mol. The van der Waals surface area contributed by atoms with E-state index in [0.29, 0.717) is 11.4 Å². The molecule has 0 N–H and O–H groups in total. The van der Waals surface area contributed by atoms with E-state index in [1.54, 1.807) is 7.05 Å². The molecule has 0 saturated carbocycles. The van der Waals surface area contributed by atoms with Gasteiger partial charge in [-0.3, -0.25) is 0 Å². The Balaban J connectivity index is 2.77. The first-order chi connectivity index (χ1) is 8.02. The molecule has 1 aromatic heterocycles. The van der Waals surface area contributed by atoms with Crippen molar-refractivity contribution in [2.75, 3.05) is 13.6 Å². The Hall–Kier alpha value is -0.900. The molecule has 0 radical (unpaired) electrons. The van der Waals surface area contributed by atoms with Crippen molar-refractivity contribution in [2.24, 2.45) is 0 Å². The van der Waals surface area contributed by atoms with Gasteiger partial charge in [0.1, 0.15) is 15.2 Å². The van der Waals surface area contributed by atoms with Gasteiger partial charge >= 0.3 is 0 Å².